The molecule has 0 aliphatic carbocycles. The van der Waals surface area contributed by atoms with Crippen molar-refractivity contribution in [1.29, 1.82) is 0 Å². The van der Waals surface area contributed by atoms with Gasteiger partial charge in [-0.25, -0.2) is 0 Å². The van der Waals surface area contributed by atoms with Crippen molar-refractivity contribution in [2.75, 3.05) is 0 Å². The molecule has 0 amide bonds. The van der Waals surface area contributed by atoms with Crippen molar-refractivity contribution in [2.24, 2.45) is 0 Å². The molecule has 0 atom stereocenters. The third kappa shape index (κ3) is 2.67. The van der Waals surface area contributed by atoms with Gasteiger partial charge in [-0.05, 0) is 0 Å². The van der Waals surface area contributed by atoms with Crippen molar-refractivity contribution in [3.05, 3.63) is 51.3 Å². The zero-order chi connectivity index (χ0) is 17.2. The van der Waals surface area contributed by atoms with Gasteiger partial charge < -0.3 is 0 Å². The van der Waals surface area contributed by atoms with Crippen LogP contribution in [0.25, 0.3) is 21.5 Å². The highest BCUT2D eigenvalue weighted by atomic mass is 35.5. The predicted octanol–water partition coefficient (Wildman–Crippen LogP) is 9.67. The average Bonchev–Trinajstić information content (AvgIpc) is 2.52. The summed E-state index contributed by atoms with van der Waals surface area (Å²) in [6.07, 6.45) is 0. The van der Waals surface area contributed by atoms with Gasteiger partial charge in [0.1, 0.15) is 0 Å². The molecular formula is C14Cl9. The van der Waals surface area contributed by atoms with Gasteiger partial charge in [0, 0.05) is 27.6 Å². The van der Waals surface area contributed by atoms with Crippen LogP contribution in [0.1, 0.15) is 0 Å². The molecule has 3 rings (SSSR count). The van der Waals surface area contributed by atoms with Crippen LogP contribution in [-0.4, -0.2) is 0 Å². The van der Waals surface area contributed by atoms with Crippen molar-refractivity contribution >= 4 is 126 Å². The van der Waals surface area contributed by atoms with Crippen LogP contribution < -0.4 is 0 Å². The van der Waals surface area contributed by atoms with Crippen LogP contribution in [0.3, 0.4) is 0 Å². The number of hydrogen-bond acceptors (Lipinski definition) is 0. The first-order chi connectivity index (χ1) is 10.7. The van der Waals surface area contributed by atoms with Crippen molar-refractivity contribution in [3.8, 4) is 0 Å². The quantitative estimate of drug-likeness (QED) is 0.168. The second-order valence-corrected chi connectivity index (χ2v) is 7.85. The van der Waals surface area contributed by atoms with Gasteiger partial charge in [-0.15, -0.1) is 0 Å². The third-order valence-corrected chi connectivity index (χ3v) is 7.13. The number of halogens is 9. The molecule has 3 aromatic rings. The van der Waals surface area contributed by atoms with E-state index in [1.54, 1.807) is 0 Å². The van der Waals surface area contributed by atoms with E-state index in [4.69, 9.17) is 104 Å². The highest BCUT2D eigenvalue weighted by Gasteiger charge is 2.25. The van der Waals surface area contributed by atoms with Gasteiger partial charge in [-0.2, -0.15) is 0 Å². The zero-order valence-electron chi connectivity index (χ0n) is 10.4. The minimum atomic E-state index is 0.0586. The molecule has 0 aliphatic rings. The van der Waals surface area contributed by atoms with E-state index < -0.39 is 0 Å². The van der Waals surface area contributed by atoms with Crippen LogP contribution in [0.4, 0.5) is 0 Å². The average molecular weight is 487 g/mol. The van der Waals surface area contributed by atoms with Gasteiger partial charge in [0.25, 0.3) is 0 Å². The first-order valence-electron chi connectivity index (χ1n) is 5.70. The molecule has 0 nitrogen and oxygen atoms in total. The number of benzene rings is 3. The number of hydrogen-bond donors (Lipinski definition) is 0. The Bertz CT molecular complexity index is 1010. The molecule has 0 fully saturated rings. The van der Waals surface area contributed by atoms with Crippen LogP contribution in [0.2, 0.25) is 45.2 Å². The monoisotopic (exact) mass is 483 g/mol. The van der Waals surface area contributed by atoms with E-state index in [1.807, 2.05) is 0 Å². The molecule has 23 heavy (non-hydrogen) atoms. The van der Waals surface area contributed by atoms with Crippen LogP contribution in [0.15, 0.2) is 0 Å². The van der Waals surface area contributed by atoms with E-state index in [1.165, 1.54) is 0 Å². The Hall–Kier alpha value is 0.790. The standard InChI is InChI=1S/C14Cl9/c15-3-1-2-4(9(18)8(3)17)5-6(11(20)7(2)16)12(21)14(23)13(22)10(5)19. The second kappa shape index (κ2) is 6.50. The molecule has 0 saturated heterocycles. The lowest BCUT2D eigenvalue weighted by molar-refractivity contribution is 1.74. The summed E-state index contributed by atoms with van der Waals surface area (Å²) in [7, 11) is 0. The zero-order valence-corrected chi connectivity index (χ0v) is 17.2. The maximum atomic E-state index is 6.35. The fourth-order valence-corrected chi connectivity index (χ4v) is 4.51. The Morgan fingerprint density at radius 2 is 0.826 bits per heavy atom. The van der Waals surface area contributed by atoms with E-state index in [0.29, 0.717) is 21.5 Å². The number of fused-ring (bicyclic) bond motifs is 3. The van der Waals surface area contributed by atoms with E-state index in [-0.39, 0.29) is 45.2 Å². The topological polar surface area (TPSA) is 0 Å². The van der Waals surface area contributed by atoms with Crippen molar-refractivity contribution in [3.63, 3.8) is 0 Å². The van der Waals surface area contributed by atoms with E-state index in [0.717, 1.165) is 0 Å². The smallest absolute Gasteiger partial charge is 0.0800 e. The van der Waals surface area contributed by atoms with E-state index >= 15 is 0 Å². The molecule has 0 N–H and O–H groups in total. The Morgan fingerprint density at radius 1 is 0.391 bits per heavy atom. The minimum absolute atomic E-state index is 0.0586. The summed E-state index contributed by atoms with van der Waals surface area (Å²) in [5.41, 5.74) is 0. The normalized spacial score (nSPS) is 11.7. The lowest BCUT2D eigenvalue weighted by atomic mass is 10.0. The van der Waals surface area contributed by atoms with Crippen LogP contribution in [0.5, 0.6) is 0 Å². The van der Waals surface area contributed by atoms with Crippen molar-refractivity contribution in [1.82, 2.24) is 0 Å². The van der Waals surface area contributed by atoms with Crippen LogP contribution >= 0.6 is 104 Å². The molecule has 0 heterocycles. The van der Waals surface area contributed by atoms with E-state index in [9.17, 15) is 0 Å². The molecule has 1 radical (unpaired) electrons. The Balaban J connectivity index is 2.82. The van der Waals surface area contributed by atoms with Gasteiger partial charge in [-0.3, -0.25) is 0 Å². The second-order valence-electron chi connectivity index (χ2n) is 4.45. The highest BCUT2D eigenvalue weighted by molar-refractivity contribution is 6.61. The first kappa shape index (κ1) is 18.6. The molecule has 0 unspecified atom stereocenters. The van der Waals surface area contributed by atoms with Gasteiger partial charge in [0.05, 0.1) is 45.2 Å². The van der Waals surface area contributed by atoms with E-state index in [2.05, 4.69) is 6.07 Å². The van der Waals surface area contributed by atoms with Crippen molar-refractivity contribution < 1.29 is 0 Å². The summed E-state index contributed by atoms with van der Waals surface area (Å²) >= 11 is 56.0. The van der Waals surface area contributed by atoms with Crippen LogP contribution in [-0.2, 0) is 0 Å². The molecular weight excluding hydrogens is 487 g/mol. The maximum absolute atomic E-state index is 6.35. The van der Waals surface area contributed by atoms with Crippen LogP contribution in [0, 0.1) is 6.07 Å². The third-order valence-electron chi connectivity index (χ3n) is 3.24. The number of rotatable bonds is 0. The van der Waals surface area contributed by atoms with Gasteiger partial charge >= 0.3 is 0 Å². The SMILES string of the molecule is Clc1[c]c2c(Cl)c(Cl)c3c(Cl)c(Cl)c(Cl)c(Cl)c3c2c(Cl)c1Cl. The van der Waals surface area contributed by atoms with Gasteiger partial charge in [-0.1, -0.05) is 104 Å². The van der Waals surface area contributed by atoms with Gasteiger partial charge in [0.15, 0.2) is 0 Å². The summed E-state index contributed by atoms with van der Waals surface area (Å²) < 4.78 is 0. The highest BCUT2D eigenvalue weighted by Crippen LogP contribution is 2.53. The summed E-state index contributed by atoms with van der Waals surface area (Å²) in [6, 6.07) is 2.84. The van der Waals surface area contributed by atoms with Gasteiger partial charge in [0.2, 0.25) is 0 Å². The summed E-state index contributed by atoms with van der Waals surface area (Å²) in [4.78, 5) is 0. The Kier molecular flexibility index (Phi) is 5.25. The molecule has 0 aromatic heterocycles. The fourth-order valence-electron chi connectivity index (χ4n) is 2.23. The fraction of sp³-hybridized carbons (Fsp3) is 0. The molecule has 9 heteroatoms. The first-order valence-corrected chi connectivity index (χ1v) is 9.10. The Labute approximate surface area is 176 Å². The molecule has 0 aliphatic heterocycles. The largest absolute Gasteiger partial charge is 0.0820 e. The Morgan fingerprint density at radius 3 is 1.39 bits per heavy atom. The summed E-state index contributed by atoms with van der Waals surface area (Å²) in [6.45, 7) is 0. The molecule has 0 bridgehead atoms. The minimum Gasteiger partial charge on any atom is -0.0820 e. The molecule has 0 spiro atoms. The summed E-state index contributed by atoms with van der Waals surface area (Å²) in [5, 5.41) is 2.37. The molecule has 0 saturated carbocycles. The summed E-state index contributed by atoms with van der Waals surface area (Å²) in [5.74, 6) is 0. The predicted molar refractivity (Wildman–Crippen MR) is 105 cm³/mol. The molecule has 3 aromatic carbocycles. The maximum Gasteiger partial charge on any atom is 0.0800 e. The lowest BCUT2D eigenvalue weighted by Crippen LogP contribution is -1.90. The van der Waals surface area contributed by atoms with Crippen molar-refractivity contribution in [2.45, 2.75) is 0 Å². The lowest BCUT2D eigenvalue weighted by Gasteiger charge is -2.16. The molecule has 119 valence electrons.